The SMILES string of the molecule is [2H]C1(N2C(=O)c3cccc(NCc4cnc(-c5ccccc5)o4)c3C2=O)CCC(=O)NC1=O. The van der Waals surface area contributed by atoms with Crippen molar-refractivity contribution in [2.75, 3.05) is 5.32 Å². The third kappa shape index (κ3) is 3.33. The summed E-state index contributed by atoms with van der Waals surface area (Å²) in [5.74, 6) is -2.06. The summed E-state index contributed by atoms with van der Waals surface area (Å²) in [6.07, 6.45) is 1.18. The summed E-state index contributed by atoms with van der Waals surface area (Å²) in [5, 5.41) is 5.13. The molecular weight excluding hydrogens is 412 g/mol. The number of oxazole rings is 1. The van der Waals surface area contributed by atoms with Crippen LogP contribution in [0.1, 0.15) is 40.7 Å². The highest BCUT2D eigenvalue weighted by Crippen LogP contribution is 2.32. The van der Waals surface area contributed by atoms with Crippen LogP contribution in [0.2, 0.25) is 0 Å². The number of carbonyl (C=O) groups excluding carboxylic acids is 4. The monoisotopic (exact) mass is 431 g/mol. The molecule has 2 aliphatic heterocycles. The quantitative estimate of drug-likeness (QED) is 0.595. The molecule has 160 valence electrons. The molecule has 2 aromatic carbocycles. The van der Waals surface area contributed by atoms with E-state index in [4.69, 9.17) is 5.79 Å². The molecule has 1 aromatic heterocycles. The molecule has 0 saturated carbocycles. The minimum absolute atomic E-state index is 0.0709. The second-order valence-electron chi connectivity index (χ2n) is 7.35. The van der Waals surface area contributed by atoms with E-state index in [9.17, 15) is 19.2 Å². The van der Waals surface area contributed by atoms with E-state index in [1.807, 2.05) is 35.6 Å². The first-order chi connectivity index (χ1) is 15.9. The van der Waals surface area contributed by atoms with Crippen molar-refractivity contribution >= 4 is 29.3 Å². The van der Waals surface area contributed by atoms with Crippen molar-refractivity contribution in [3.05, 3.63) is 71.6 Å². The summed E-state index contributed by atoms with van der Waals surface area (Å²) in [6, 6.07) is 11.9. The van der Waals surface area contributed by atoms with Gasteiger partial charge in [-0.05, 0) is 30.7 Å². The van der Waals surface area contributed by atoms with E-state index >= 15 is 0 Å². The Hall–Kier alpha value is -4.27. The predicted octanol–water partition coefficient (Wildman–Crippen LogP) is 2.35. The number of hydrogen-bond acceptors (Lipinski definition) is 7. The Morgan fingerprint density at radius 3 is 2.69 bits per heavy atom. The fourth-order valence-electron chi connectivity index (χ4n) is 3.78. The molecule has 1 unspecified atom stereocenters. The Bertz CT molecular complexity index is 1310. The molecule has 0 bridgehead atoms. The van der Waals surface area contributed by atoms with Crippen molar-refractivity contribution in [1.29, 1.82) is 0 Å². The van der Waals surface area contributed by atoms with Crippen molar-refractivity contribution in [3.63, 3.8) is 0 Å². The lowest BCUT2D eigenvalue weighted by Gasteiger charge is -2.27. The van der Waals surface area contributed by atoms with Crippen molar-refractivity contribution < 1.29 is 25.0 Å². The number of fused-ring (bicyclic) bond motifs is 1. The first kappa shape index (κ1) is 18.5. The van der Waals surface area contributed by atoms with E-state index in [2.05, 4.69) is 10.3 Å². The molecule has 4 amide bonds. The van der Waals surface area contributed by atoms with Gasteiger partial charge in [0.25, 0.3) is 11.8 Å². The van der Waals surface area contributed by atoms with Crippen molar-refractivity contribution in [3.8, 4) is 11.5 Å². The first-order valence-corrected chi connectivity index (χ1v) is 9.98. The van der Waals surface area contributed by atoms with Gasteiger partial charge in [0.1, 0.15) is 11.8 Å². The highest BCUT2D eigenvalue weighted by molar-refractivity contribution is 6.25. The lowest BCUT2D eigenvalue weighted by Crippen LogP contribution is -2.54. The fourth-order valence-corrected chi connectivity index (χ4v) is 3.78. The number of nitrogens with one attached hydrogen (secondary N) is 2. The van der Waals surface area contributed by atoms with Gasteiger partial charge in [-0.15, -0.1) is 0 Å². The van der Waals surface area contributed by atoms with Crippen LogP contribution in [-0.2, 0) is 16.1 Å². The minimum Gasteiger partial charge on any atom is -0.439 e. The van der Waals surface area contributed by atoms with Crippen LogP contribution in [0.15, 0.2) is 59.1 Å². The molecule has 2 N–H and O–H groups in total. The summed E-state index contributed by atoms with van der Waals surface area (Å²) in [7, 11) is 0. The summed E-state index contributed by atoms with van der Waals surface area (Å²) >= 11 is 0. The van der Waals surface area contributed by atoms with Gasteiger partial charge < -0.3 is 9.73 Å². The topological polar surface area (TPSA) is 122 Å². The molecule has 0 radical (unpaired) electrons. The molecule has 0 spiro atoms. The van der Waals surface area contributed by atoms with E-state index < -0.39 is 29.6 Å². The van der Waals surface area contributed by atoms with Crippen LogP contribution in [0.25, 0.3) is 11.5 Å². The zero-order valence-corrected chi connectivity index (χ0v) is 16.8. The number of amides is 4. The van der Waals surface area contributed by atoms with Gasteiger partial charge >= 0.3 is 0 Å². The first-order valence-electron chi connectivity index (χ1n) is 10.5. The summed E-state index contributed by atoms with van der Waals surface area (Å²) in [6.45, 7) is 0.193. The largest absolute Gasteiger partial charge is 0.439 e. The highest BCUT2D eigenvalue weighted by Gasteiger charge is 2.45. The predicted molar refractivity (Wildman–Crippen MR) is 112 cm³/mol. The van der Waals surface area contributed by atoms with Gasteiger partial charge in [0, 0.05) is 17.7 Å². The molecule has 3 heterocycles. The Kier molecular flexibility index (Phi) is 4.49. The van der Waals surface area contributed by atoms with E-state index in [-0.39, 0.29) is 30.5 Å². The average Bonchev–Trinajstić information content (AvgIpc) is 3.39. The summed E-state index contributed by atoms with van der Waals surface area (Å²) < 4.78 is 14.3. The summed E-state index contributed by atoms with van der Waals surface area (Å²) in [4.78, 5) is 55.0. The van der Waals surface area contributed by atoms with Crippen molar-refractivity contribution in [1.82, 2.24) is 15.2 Å². The molecular formula is C23H18N4O5. The molecule has 9 heteroatoms. The molecule has 3 aromatic rings. The zero-order chi connectivity index (χ0) is 23.2. The van der Waals surface area contributed by atoms with Crippen molar-refractivity contribution in [2.45, 2.75) is 25.4 Å². The Labute approximate surface area is 183 Å². The number of imide groups is 2. The maximum Gasteiger partial charge on any atom is 0.264 e. The standard InChI is InChI=1S/C23H18N4O5/c28-18-10-9-17(20(29)26-18)27-22(30)15-7-4-8-16(19(15)23(27)31)24-11-14-12-25-21(32-14)13-5-2-1-3-6-13/h1-8,12,17,24H,9-11H2,(H,26,28,29)/i17D. The Balaban J connectivity index is 1.39. The van der Waals surface area contributed by atoms with Crippen LogP contribution in [0.5, 0.6) is 0 Å². The zero-order valence-electron chi connectivity index (χ0n) is 17.8. The fraction of sp³-hybridized carbons (Fsp3) is 0.174. The van der Waals surface area contributed by atoms with Gasteiger partial charge in [0.05, 0.1) is 25.2 Å². The van der Waals surface area contributed by atoms with E-state index in [1.54, 1.807) is 18.3 Å². The second kappa shape index (κ2) is 7.77. The molecule has 1 atom stereocenters. The molecule has 1 saturated heterocycles. The van der Waals surface area contributed by atoms with E-state index in [0.717, 1.165) is 5.56 Å². The van der Waals surface area contributed by atoms with E-state index in [0.29, 0.717) is 22.2 Å². The van der Waals surface area contributed by atoms with Gasteiger partial charge in [0.15, 0.2) is 0 Å². The Morgan fingerprint density at radius 1 is 1.09 bits per heavy atom. The maximum atomic E-state index is 13.2. The van der Waals surface area contributed by atoms with Gasteiger partial charge in [-0.1, -0.05) is 24.3 Å². The van der Waals surface area contributed by atoms with Crippen LogP contribution >= 0.6 is 0 Å². The lowest BCUT2D eigenvalue weighted by molar-refractivity contribution is -0.136. The highest BCUT2D eigenvalue weighted by atomic mass is 16.4. The molecule has 32 heavy (non-hydrogen) atoms. The van der Waals surface area contributed by atoms with E-state index in [1.165, 1.54) is 6.07 Å². The molecule has 0 aliphatic carbocycles. The van der Waals surface area contributed by atoms with Gasteiger partial charge in [0.2, 0.25) is 17.7 Å². The normalized spacial score (nSPS) is 20.8. The third-order valence-electron chi connectivity index (χ3n) is 5.32. The van der Waals surface area contributed by atoms with Crippen LogP contribution in [-0.4, -0.2) is 39.5 Å². The number of nitrogens with zero attached hydrogens (tertiary/aromatic N) is 2. The third-order valence-corrected chi connectivity index (χ3v) is 5.32. The van der Waals surface area contributed by atoms with Crippen LogP contribution < -0.4 is 10.6 Å². The second-order valence-corrected chi connectivity index (χ2v) is 7.35. The van der Waals surface area contributed by atoms with Crippen LogP contribution in [0, 0.1) is 0 Å². The van der Waals surface area contributed by atoms with Gasteiger partial charge in [-0.2, -0.15) is 0 Å². The number of piperidine rings is 1. The number of carbonyl (C=O) groups is 4. The maximum absolute atomic E-state index is 13.2. The van der Waals surface area contributed by atoms with Crippen LogP contribution in [0.3, 0.4) is 0 Å². The van der Waals surface area contributed by atoms with Gasteiger partial charge in [-0.25, -0.2) is 4.98 Å². The number of benzene rings is 2. The van der Waals surface area contributed by atoms with Gasteiger partial charge in [-0.3, -0.25) is 29.4 Å². The van der Waals surface area contributed by atoms with Crippen LogP contribution in [0.4, 0.5) is 5.69 Å². The number of rotatable bonds is 5. The molecule has 2 aliphatic rings. The minimum atomic E-state index is -2.19. The average molecular weight is 431 g/mol. The number of aromatic nitrogens is 1. The Morgan fingerprint density at radius 2 is 1.91 bits per heavy atom. The smallest absolute Gasteiger partial charge is 0.264 e. The number of hydrogen-bond donors (Lipinski definition) is 2. The number of anilines is 1. The molecule has 1 fully saturated rings. The lowest BCUT2D eigenvalue weighted by atomic mass is 10.0. The molecule has 5 rings (SSSR count). The summed E-state index contributed by atoms with van der Waals surface area (Å²) in [5.41, 5.74) is 1.35. The van der Waals surface area contributed by atoms with Crippen molar-refractivity contribution in [2.24, 2.45) is 0 Å². The molecule has 9 nitrogen and oxygen atoms in total.